The third-order valence-corrected chi connectivity index (χ3v) is 8.17. The van der Waals surface area contributed by atoms with E-state index < -0.39 is 0 Å². The quantitative estimate of drug-likeness (QED) is 0.808. The molecule has 152 valence electrons. The lowest BCUT2D eigenvalue weighted by Gasteiger charge is -2.58. The minimum Gasteiger partial charge on any atom is -0.369 e. The van der Waals surface area contributed by atoms with Gasteiger partial charge in [0, 0.05) is 37.7 Å². The van der Waals surface area contributed by atoms with Crippen LogP contribution in [0.1, 0.15) is 61.9 Å². The maximum absolute atomic E-state index is 13.0. The highest BCUT2D eigenvalue weighted by molar-refractivity contribution is 5.93. The molecule has 0 saturated heterocycles. The van der Waals surface area contributed by atoms with Gasteiger partial charge >= 0.3 is 0 Å². The van der Waals surface area contributed by atoms with Crippen molar-refractivity contribution in [1.29, 1.82) is 0 Å². The lowest BCUT2D eigenvalue weighted by molar-refractivity contribution is -0.145. The van der Waals surface area contributed by atoms with Crippen LogP contribution < -0.4 is 16.0 Å². The van der Waals surface area contributed by atoms with Gasteiger partial charge in [-0.05, 0) is 69.1 Å². The van der Waals surface area contributed by atoms with Gasteiger partial charge in [0.15, 0.2) is 5.69 Å². The first-order valence-electron chi connectivity index (χ1n) is 10.7. The Balaban J connectivity index is 1.31. The third-order valence-electron chi connectivity index (χ3n) is 8.17. The lowest BCUT2D eigenvalue weighted by Crippen LogP contribution is -2.62. The number of carbonyl (C=O) groups is 2. The number of nitrogens with two attached hydrogens (primary N) is 1. The fourth-order valence-corrected chi connectivity index (χ4v) is 6.65. The normalized spacial score (nSPS) is 36.2. The fourth-order valence-electron chi connectivity index (χ4n) is 6.65. The topological polar surface area (TPSA) is 93.2 Å². The Morgan fingerprint density at radius 3 is 2.50 bits per heavy atom. The molecule has 5 aliphatic carbocycles. The van der Waals surface area contributed by atoms with Gasteiger partial charge in [-0.15, -0.1) is 0 Å². The molecule has 0 aliphatic heterocycles. The van der Waals surface area contributed by atoms with E-state index >= 15 is 0 Å². The van der Waals surface area contributed by atoms with Crippen molar-refractivity contribution in [2.75, 3.05) is 11.9 Å². The van der Waals surface area contributed by atoms with Gasteiger partial charge in [-0.3, -0.25) is 14.3 Å². The first-order chi connectivity index (χ1) is 13.4. The molecule has 7 heteroatoms. The summed E-state index contributed by atoms with van der Waals surface area (Å²) in [6, 6.07) is 2.61. The molecule has 1 aromatic rings. The van der Waals surface area contributed by atoms with Crippen LogP contribution in [0, 0.1) is 23.2 Å². The highest BCUT2D eigenvalue weighted by Gasteiger charge is 2.58. The third kappa shape index (κ3) is 2.65. The lowest BCUT2D eigenvalue weighted by atomic mass is 9.47. The van der Waals surface area contributed by atoms with Gasteiger partial charge in [-0.2, -0.15) is 5.10 Å². The highest BCUT2D eigenvalue weighted by atomic mass is 16.2. The van der Waals surface area contributed by atoms with Crippen molar-refractivity contribution in [2.24, 2.45) is 36.0 Å². The first kappa shape index (κ1) is 18.0. The van der Waals surface area contributed by atoms with Gasteiger partial charge in [-0.25, -0.2) is 0 Å². The molecular formula is C21H31N5O2. The number of hydrogen-bond donors (Lipinski definition) is 2. The van der Waals surface area contributed by atoms with Crippen molar-refractivity contribution >= 4 is 17.6 Å². The zero-order valence-corrected chi connectivity index (χ0v) is 16.9. The van der Waals surface area contributed by atoms with Crippen molar-refractivity contribution in [3.8, 4) is 0 Å². The number of carbonyl (C=O) groups excluding carboxylic acids is 2. The average molecular weight is 386 g/mol. The van der Waals surface area contributed by atoms with Crippen molar-refractivity contribution in [1.82, 2.24) is 15.1 Å². The summed E-state index contributed by atoms with van der Waals surface area (Å²) in [6.45, 7) is 0. The van der Waals surface area contributed by atoms with Crippen LogP contribution in [0.25, 0.3) is 0 Å². The molecule has 5 fully saturated rings. The Morgan fingerprint density at radius 2 is 1.93 bits per heavy atom. The second-order valence-corrected chi connectivity index (χ2v) is 9.82. The minimum absolute atomic E-state index is 0.0885. The van der Waals surface area contributed by atoms with Crippen molar-refractivity contribution in [3.05, 3.63) is 11.8 Å². The number of anilines is 1. The predicted octanol–water partition coefficient (Wildman–Crippen LogP) is 1.82. The van der Waals surface area contributed by atoms with Crippen molar-refractivity contribution in [2.45, 2.75) is 63.5 Å². The number of hydrogen-bond acceptors (Lipinski definition) is 4. The molecule has 4 bridgehead atoms. The minimum atomic E-state index is -0.318. The van der Waals surface area contributed by atoms with E-state index in [1.165, 1.54) is 19.3 Å². The van der Waals surface area contributed by atoms with E-state index in [0.717, 1.165) is 37.9 Å². The largest absolute Gasteiger partial charge is 0.369 e. The average Bonchev–Trinajstić information content (AvgIpc) is 2.97. The number of primary amides is 1. The molecule has 2 amide bonds. The molecule has 3 N–H and O–H groups in total. The number of nitrogens with one attached hydrogen (secondary N) is 1. The zero-order chi connectivity index (χ0) is 19.6. The summed E-state index contributed by atoms with van der Waals surface area (Å²) in [6.07, 6.45) is 8.51. The molecule has 0 aromatic carbocycles. The monoisotopic (exact) mass is 385 g/mol. The summed E-state index contributed by atoms with van der Waals surface area (Å²) in [7, 11) is 3.99. The maximum atomic E-state index is 13.0. The van der Waals surface area contributed by atoms with Gasteiger partial charge in [0.25, 0.3) is 5.91 Å². The van der Waals surface area contributed by atoms with E-state index in [1.807, 2.05) is 17.8 Å². The van der Waals surface area contributed by atoms with Crippen molar-refractivity contribution in [3.63, 3.8) is 0 Å². The van der Waals surface area contributed by atoms with Gasteiger partial charge < -0.3 is 16.0 Å². The molecule has 28 heavy (non-hydrogen) atoms. The van der Waals surface area contributed by atoms with E-state index in [2.05, 4.69) is 22.4 Å². The van der Waals surface area contributed by atoms with E-state index in [9.17, 15) is 9.59 Å². The zero-order valence-electron chi connectivity index (χ0n) is 16.9. The Bertz CT molecular complexity index is 798. The Labute approximate surface area is 166 Å². The Morgan fingerprint density at radius 1 is 1.25 bits per heavy atom. The molecule has 2 atom stereocenters. The van der Waals surface area contributed by atoms with Crippen LogP contribution in [-0.4, -0.2) is 40.7 Å². The van der Waals surface area contributed by atoms with Crippen LogP contribution in [-0.2, 0) is 11.8 Å². The van der Waals surface area contributed by atoms with Gasteiger partial charge in [-0.1, -0.05) is 0 Å². The number of aryl methyl sites for hydroxylation is 1. The summed E-state index contributed by atoms with van der Waals surface area (Å²) < 4.78 is 1.81. The maximum Gasteiger partial charge on any atom is 0.272 e. The van der Waals surface area contributed by atoms with Gasteiger partial charge in [0.05, 0.1) is 0 Å². The van der Waals surface area contributed by atoms with Crippen LogP contribution in [0.2, 0.25) is 0 Å². The van der Waals surface area contributed by atoms with Gasteiger partial charge in [0.1, 0.15) is 5.82 Å². The van der Waals surface area contributed by atoms with Crippen LogP contribution >= 0.6 is 0 Å². The summed E-state index contributed by atoms with van der Waals surface area (Å²) in [5.41, 5.74) is 5.94. The Kier molecular flexibility index (Phi) is 4.00. The molecule has 2 unspecified atom stereocenters. The number of amides is 2. The molecule has 1 aromatic heterocycles. The molecular weight excluding hydrogens is 354 g/mol. The summed E-state index contributed by atoms with van der Waals surface area (Å²) >= 11 is 0. The van der Waals surface area contributed by atoms with Crippen LogP contribution in [0.3, 0.4) is 0 Å². The molecule has 5 aliphatic rings. The molecule has 0 radical (unpaired) electrons. The highest BCUT2D eigenvalue weighted by Crippen LogP contribution is 2.59. The van der Waals surface area contributed by atoms with E-state index in [-0.39, 0.29) is 23.3 Å². The van der Waals surface area contributed by atoms with E-state index in [0.29, 0.717) is 29.5 Å². The summed E-state index contributed by atoms with van der Waals surface area (Å²) in [5, 5.41) is 7.77. The summed E-state index contributed by atoms with van der Waals surface area (Å²) in [4.78, 5) is 27.3. The number of aromatic nitrogens is 2. The second-order valence-electron chi connectivity index (χ2n) is 9.82. The Hall–Kier alpha value is -2.05. The van der Waals surface area contributed by atoms with E-state index in [4.69, 9.17) is 5.73 Å². The smallest absolute Gasteiger partial charge is 0.272 e. The van der Waals surface area contributed by atoms with Crippen LogP contribution in [0.15, 0.2) is 6.07 Å². The van der Waals surface area contributed by atoms with Crippen LogP contribution in [0.4, 0.5) is 5.82 Å². The molecule has 6 rings (SSSR count). The van der Waals surface area contributed by atoms with E-state index in [1.54, 1.807) is 0 Å². The number of rotatable bonds is 5. The predicted molar refractivity (Wildman–Crippen MR) is 106 cm³/mol. The molecule has 1 heterocycles. The molecule has 0 spiro atoms. The first-order valence-corrected chi connectivity index (χ1v) is 10.7. The SMILES string of the molecule is CN(c1cc(C(=O)NC2C3CC4CC2CC(C(N)=O)(C4)C3)nn1C)C1CCC1. The van der Waals surface area contributed by atoms with Gasteiger partial charge in [0.2, 0.25) is 5.91 Å². The summed E-state index contributed by atoms with van der Waals surface area (Å²) in [5.74, 6) is 2.09. The molecule has 7 nitrogen and oxygen atoms in total. The van der Waals surface area contributed by atoms with Crippen LogP contribution in [0.5, 0.6) is 0 Å². The standard InChI is InChI=1S/C21H31N5O2/c1-25(15-4-3-5-15)17-8-16(24-26(17)2)19(27)23-18-13-6-12-7-14(18)11-21(9-12,10-13)20(22)28/h8,12-15,18H,3-7,9-11H2,1-2H3,(H2,22,28)(H,23,27). The number of nitrogens with zero attached hydrogens (tertiary/aromatic N) is 3. The fraction of sp³-hybridized carbons (Fsp3) is 0.762. The second kappa shape index (κ2) is 6.22. The van der Waals surface area contributed by atoms with Crippen molar-refractivity contribution < 1.29 is 9.59 Å². The molecule has 5 saturated carbocycles.